The monoisotopic (exact) mass is 403 g/mol. The molecule has 156 valence electrons. The van der Waals surface area contributed by atoms with Crippen LogP contribution in [0.1, 0.15) is 36.8 Å². The highest BCUT2D eigenvalue weighted by molar-refractivity contribution is 6.26. The number of allylic oxidation sites excluding steroid dienone is 4. The molecule has 0 amide bonds. The molecule has 2 heterocycles. The van der Waals surface area contributed by atoms with E-state index in [1.54, 1.807) is 0 Å². The molecule has 2 unspecified atom stereocenters. The van der Waals surface area contributed by atoms with E-state index in [1.807, 2.05) is 0 Å². The van der Waals surface area contributed by atoms with Crippen LogP contribution < -0.4 is 0 Å². The molecule has 0 bridgehead atoms. The van der Waals surface area contributed by atoms with Gasteiger partial charge in [-0.1, -0.05) is 49.8 Å². The molecule has 2 atom stereocenters. The fourth-order valence-corrected chi connectivity index (χ4v) is 5.01. The van der Waals surface area contributed by atoms with Gasteiger partial charge in [0, 0.05) is 38.0 Å². The molecule has 0 spiro atoms. The molecule has 2 aliphatic carbocycles. The first-order valence-corrected chi connectivity index (χ1v) is 11.1. The van der Waals surface area contributed by atoms with Gasteiger partial charge >= 0.3 is 5.97 Å². The maximum absolute atomic E-state index is 13.4. The topological polar surface area (TPSA) is 45.1 Å². The molecule has 0 aromatic heterocycles. The molecule has 5 rings (SSSR count). The van der Waals surface area contributed by atoms with Crippen LogP contribution in [0, 0.1) is 5.92 Å². The Bertz CT molecular complexity index is 980. The standard InChI is InChI=1S/C25H29N3O2/c1-3-4-16-30-25(29)23-22-19-9-6-5-8-17(19)18-10-7-11-20(21(18)22)26-24(23)28-14-12-27(2)13-15-28/h5-11,18,21H,3-4,12-16H2,1-2H3. The van der Waals surface area contributed by atoms with Crippen LogP contribution in [0.4, 0.5) is 0 Å². The van der Waals surface area contributed by atoms with Gasteiger partial charge in [-0.15, -0.1) is 0 Å². The van der Waals surface area contributed by atoms with E-state index in [0.717, 1.165) is 56.1 Å². The summed E-state index contributed by atoms with van der Waals surface area (Å²) < 4.78 is 5.76. The number of rotatable bonds is 4. The van der Waals surface area contributed by atoms with E-state index in [4.69, 9.17) is 9.73 Å². The van der Waals surface area contributed by atoms with Crippen molar-refractivity contribution in [1.29, 1.82) is 0 Å². The van der Waals surface area contributed by atoms with Gasteiger partial charge in [0.15, 0.2) is 0 Å². The zero-order valence-corrected chi connectivity index (χ0v) is 17.8. The number of hydrogen-bond acceptors (Lipinski definition) is 5. The number of benzene rings is 1. The molecule has 0 saturated carbocycles. The van der Waals surface area contributed by atoms with E-state index in [2.05, 4.69) is 66.3 Å². The molecule has 5 nitrogen and oxygen atoms in total. The third-order valence-corrected chi connectivity index (χ3v) is 6.65. The number of aliphatic imine (C=N–C) groups is 1. The minimum absolute atomic E-state index is 0.109. The summed E-state index contributed by atoms with van der Waals surface area (Å²) in [6, 6.07) is 8.50. The lowest BCUT2D eigenvalue weighted by Gasteiger charge is -2.38. The Hall–Kier alpha value is -2.66. The van der Waals surface area contributed by atoms with Crippen LogP contribution in [0.5, 0.6) is 0 Å². The number of amidine groups is 1. The summed E-state index contributed by atoms with van der Waals surface area (Å²) in [4.78, 5) is 23.1. The van der Waals surface area contributed by atoms with Crippen molar-refractivity contribution < 1.29 is 9.53 Å². The minimum Gasteiger partial charge on any atom is -0.462 e. The molecule has 4 aliphatic rings. The molecule has 1 aromatic rings. The first-order chi connectivity index (χ1) is 14.7. The Kier molecular flexibility index (Phi) is 5.07. The lowest BCUT2D eigenvalue weighted by Crippen LogP contribution is -2.49. The van der Waals surface area contributed by atoms with Crippen molar-refractivity contribution in [3.8, 4) is 0 Å². The quantitative estimate of drug-likeness (QED) is 0.569. The largest absolute Gasteiger partial charge is 0.462 e. The fourth-order valence-electron chi connectivity index (χ4n) is 5.01. The van der Waals surface area contributed by atoms with Crippen molar-refractivity contribution in [3.63, 3.8) is 0 Å². The van der Waals surface area contributed by atoms with Gasteiger partial charge < -0.3 is 14.5 Å². The van der Waals surface area contributed by atoms with Gasteiger partial charge in [0.2, 0.25) is 0 Å². The fraction of sp³-hybridized carbons (Fsp3) is 0.440. The number of likely N-dealkylation sites (N-methyl/N-ethyl adjacent to an activating group) is 1. The first-order valence-electron chi connectivity index (χ1n) is 11.1. The lowest BCUT2D eigenvalue weighted by atomic mass is 9.80. The average Bonchev–Trinajstić information content (AvgIpc) is 3.10. The minimum atomic E-state index is -0.222. The van der Waals surface area contributed by atoms with Crippen molar-refractivity contribution in [2.24, 2.45) is 10.9 Å². The first kappa shape index (κ1) is 19.3. The summed E-state index contributed by atoms with van der Waals surface area (Å²) in [7, 11) is 2.14. The van der Waals surface area contributed by atoms with E-state index in [9.17, 15) is 4.79 Å². The van der Waals surface area contributed by atoms with Crippen LogP contribution in [-0.4, -0.2) is 61.4 Å². The highest BCUT2D eigenvalue weighted by atomic mass is 16.5. The number of esters is 1. The normalized spacial score (nSPS) is 24.9. The zero-order chi connectivity index (χ0) is 20.7. The number of piperazine rings is 1. The Morgan fingerprint density at radius 1 is 1.20 bits per heavy atom. The van der Waals surface area contributed by atoms with Crippen molar-refractivity contribution in [3.05, 3.63) is 64.9 Å². The van der Waals surface area contributed by atoms with Gasteiger partial charge in [-0.2, -0.15) is 0 Å². The van der Waals surface area contributed by atoms with Gasteiger partial charge in [-0.25, -0.2) is 9.79 Å². The van der Waals surface area contributed by atoms with Gasteiger partial charge in [0.1, 0.15) is 11.4 Å². The Balaban J connectivity index is 1.64. The summed E-state index contributed by atoms with van der Waals surface area (Å²) in [5, 5.41) is 0. The Morgan fingerprint density at radius 3 is 2.80 bits per heavy atom. The Morgan fingerprint density at radius 2 is 2.00 bits per heavy atom. The van der Waals surface area contributed by atoms with Crippen molar-refractivity contribution >= 4 is 17.4 Å². The maximum Gasteiger partial charge on any atom is 0.342 e. The number of carbonyl (C=O) groups is 1. The van der Waals surface area contributed by atoms with Crippen molar-refractivity contribution in [2.75, 3.05) is 39.8 Å². The van der Waals surface area contributed by atoms with Crippen LogP contribution >= 0.6 is 0 Å². The van der Waals surface area contributed by atoms with E-state index < -0.39 is 0 Å². The SMILES string of the molecule is CCCCOC(=O)C1=C2c3ccccc3C3C=CC=C(N=C1N1CCN(C)CC1)C23. The summed E-state index contributed by atoms with van der Waals surface area (Å²) in [5.74, 6) is 0.929. The average molecular weight is 404 g/mol. The van der Waals surface area contributed by atoms with Crippen LogP contribution in [0.3, 0.4) is 0 Å². The third-order valence-electron chi connectivity index (χ3n) is 6.65. The summed E-state index contributed by atoms with van der Waals surface area (Å²) in [5.41, 5.74) is 5.31. The van der Waals surface area contributed by atoms with E-state index in [0.29, 0.717) is 12.2 Å². The number of fused-ring (bicyclic) bond motifs is 3. The molecule has 30 heavy (non-hydrogen) atoms. The number of hydrogen-bond donors (Lipinski definition) is 0. The molecule has 2 aliphatic heterocycles. The van der Waals surface area contributed by atoms with Gasteiger partial charge in [-0.05, 0) is 36.2 Å². The predicted molar refractivity (Wildman–Crippen MR) is 119 cm³/mol. The van der Waals surface area contributed by atoms with E-state index >= 15 is 0 Å². The van der Waals surface area contributed by atoms with E-state index in [-0.39, 0.29) is 17.8 Å². The molecule has 1 aromatic carbocycles. The highest BCUT2D eigenvalue weighted by Gasteiger charge is 2.46. The number of nitrogens with zero attached hydrogens (tertiary/aromatic N) is 3. The smallest absolute Gasteiger partial charge is 0.342 e. The summed E-state index contributed by atoms with van der Waals surface area (Å²) in [6.07, 6.45) is 8.36. The second-order valence-electron chi connectivity index (χ2n) is 8.57. The number of ether oxygens (including phenoxy) is 1. The Labute approximate surface area is 178 Å². The highest BCUT2D eigenvalue weighted by Crippen LogP contribution is 2.55. The van der Waals surface area contributed by atoms with Gasteiger partial charge in [-0.3, -0.25) is 0 Å². The molecule has 0 N–H and O–H groups in total. The molecule has 1 saturated heterocycles. The second kappa shape index (κ2) is 7.88. The molecule has 0 radical (unpaired) electrons. The van der Waals surface area contributed by atoms with Crippen LogP contribution in [-0.2, 0) is 9.53 Å². The maximum atomic E-state index is 13.4. The number of carbonyl (C=O) groups excluding carboxylic acids is 1. The number of dihydropyridines is 1. The van der Waals surface area contributed by atoms with Crippen LogP contribution in [0.2, 0.25) is 0 Å². The summed E-state index contributed by atoms with van der Waals surface area (Å²) in [6.45, 7) is 6.24. The molecule has 5 heteroatoms. The van der Waals surface area contributed by atoms with Gasteiger partial charge in [0.05, 0.1) is 12.3 Å². The predicted octanol–water partition coefficient (Wildman–Crippen LogP) is 3.61. The van der Waals surface area contributed by atoms with Crippen molar-refractivity contribution in [1.82, 2.24) is 9.80 Å². The van der Waals surface area contributed by atoms with Crippen molar-refractivity contribution in [2.45, 2.75) is 25.7 Å². The number of unbranched alkanes of at least 4 members (excludes halogenated alkanes) is 1. The van der Waals surface area contributed by atoms with Crippen LogP contribution in [0.25, 0.3) is 5.57 Å². The third kappa shape index (κ3) is 3.12. The van der Waals surface area contributed by atoms with E-state index in [1.165, 1.54) is 11.1 Å². The molecular formula is C25H29N3O2. The second-order valence-corrected chi connectivity index (χ2v) is 8.57. The molecular weight excluding hydrogens is 374 g/mol. The molecule has 1 fully saturated rings. The summed E-state index contributed by atoms with van der Waals surface area (Å²) >= 11 is 0. The zero-order valence-electron chi connectivity index (χ0n) is 17.8. The lowest BCUT2D eigenvalue weighted by molar-refractivity contribution is -0.138. The van der Waals surface area contributed by atoms with Gasteiger partial charge in [0.25, 0.3) is 0 Å². The van der Waals surface area contributed by atoms with Crippen LogP contribution in [0.15, 0.2) is 58.8 Å².